The third kappa shape index (κ3) is 5.05. The Bertz CT molecular complexity index is 814. The van der Waals surface area contributed by atoms with Crippen molar-refractivity contribution in [3.63, 3.8) is 0 Å². The quantitative estimate of drug-likeness (QED) is 0.678. The molecule has 0 radical (unpaired) electrons. The molecule has 1 fully saturated rings. The van der Waals surface area contributed by atoms with Crippen LogP contribution < -0.4 is 14.2 Å². The van der Waals surface area contributed by atoms with Crippen LogP contribution in [0.4, 0.5) is 0 Å². The summed E-state index contributed by atoms with van der Waals surface area (Å²) in [5.41, 5.74) is 1.85. The van der Waals surface area contributed by atoms with Crippen LogP contribution in [0.3, 0.4) is 0 Å². The predicted octanol–water partition coefficient (Wildman–Crippen LogP) is 3.76. The van der Waals surface area contributed by atoms with Crippen molar-refractivity contribution in [2.75, 3.05) is 27.9 Å². The maximum absolute atomic E-state index is 12.9. The van der Waals surface area contributed by atoms with E-state index in [4.69, 9.17) is 14.2 Å². The molecule has 1 saturated heterocycles. The van der Waals surface area contributed by atoms with Crippen molar-refractivity contribution in [3.05, 3.63) is 53.6 Å². The summed E-state index contributed by atoms with van der Waals surface area (Å²) in [4.78, 5) is 14.9. The Labute approximate surface area is 178 Å². The van der Waals surface area contributed by atoms with Gasteiger partial charge >= 0.3 is 0 Å². The van der Waals surface area contributed by atoms with Crippen LogP contribution in [0.1, 0.15) is 42.9 Å². The zero-order valence-corrected chi connectivity index (χ0v) is 18.0. The fourth-order valence-electron chi connectivity index (χ4n) is 4.15. The van der Waals surface area contributed by atoms with Crippen molar-refractivity contribution in [2.45, 2.75) is 44.2 Å². The molecule has 0 aliphatic carbocycles. The van der Waals surface area contributed by atoms with E-state index >= 15 is 0 Å². The van der Waals surface area contributed by atoms with Crippen LogP contribution in [0, 0.1) is 0 Å². The molecular weight excluding hydrogens is 382 g/mol. The molecule has 1 heterocycles. The second kappa shape index (κ2) is 10.3. The number of carbonyl (C=O) groups excluding carboxylic acids is 1. The summed E-state index contributed by atoms with van der Waals surface area (Å²) in [5, 5.41) is 10.6. The Hall–Kier alpha value is -2.73. The van der Waals surface area contributed by atoms with E-state index in [0.717, 1.165) is 30.5 Å². The molecule has 2 aromatic rings. The van der Waals surface area contributed by atoms with Crippen LogP contribution in [0.25, 0.3) is 0 Å². The van der Waals surface area contributed by atoms with Gasteiger partial charge in [0, 0.05) is 19.0 Å². The van der Waals surface area contributed by atoms with Gasteiger partial charge in [-0.2, -0.15) is 0 Å². The maximum atomic E-state index is 12.9. The minimum Gasteiger partial charge on any atom is -0.493 e. The highest BCUT2D eigenvalue weighted by atomic mass is 16.5. The average molecular weight is 414 g/mol. The first-order chi connectivity index (χ1) is 14.6. The summed E-state index contributed by atoms with van der Waals surface area (Å²) in [5.74, 6) is 1.84. The summed E-state index contributed by atoms with van der Waals surface area (Å²) in [6.45, 7) is 0.750. The predicted molar refractivity (Wildman–Crippen MR) is 115 cm³/mol. The van der Waals surface area contributed by atoms with Crippen LogP contribution >= 0.6 is 0 Å². The molecule has 30 heavy (non-hydrogen) atoms. The van der Waals surface area contributed by atoms with E-state index in [9.17, 15) is 9.90 Å². The standard InChI is InChI=1S/C24H31NO5/c1-28-21-14-17(15-22(29-2)24(21)30-3)11-12-23(27)25-13-7-10-19(25)16-20(26)18-8-5-4-6-9-18/h4-6,8-9,14-15,19-20,26H,7,10-13,16H2,1-3H3/t19-,20+/m0/s1. The van der Waals surface area contributed by atoms with Crippen LogP contribution in [0.2, 0.25) is 0 Å². The molecule has 162 valence electrons. The van der Waals surface area contributed by atoms with E-state index in [0.29, 0.717) is 36.5 Å². The van der Waals surface area contributed by atoms with Crippen LogP contribution in [-0.2, 0) is 11.2 Å². The molecule has 1 N–H and O–H groups in total. The minimum atomic E-state index is -0.556. The van der Waals surface area contributed by atoms with Gasteiger partial charge in [-0.25, -0.2) is 0 Å². The molecule has 0 spiro atoms. The van der Waals surface area contributed by atoms with Crippen LogP contribution in [0.15, 0.2) is 42.5 Å². The van der Waals surface area contributed by atoms with Crippen molar-refractivity contribution in [3.8, 4) is 17.2 Å². The first-order valence-corrected chi connectivity index (χ1v) is 10.4. The molecule has 0 aromatic heterocycles. The van der Waals surface area contributed by atoms with Gasteiger partial charge in [0.15, 0.2) is 11.5 Å². The number of aryl methyl sites for hydroxylation is 1. The highest BCUT2D eigenvalue weighted by molar-refractivity contribution is 5.77. The van der Waals surface area contributed by atoms with Gasteiger partial charge in [0.25, 0.3) is 0 Å². The minimum absolute atomic E-state index is 0.0765. The highest BCUT2D eigenvalue weighted by Crippen LogP contribution is 2.38. The Morgan fingerprint density at radius 1 is 1.10 bits per heavy atom. The maximum Gasteiger partial charge on any atom is 0.223 e. The van der Waals surface area contributed by atoms with E-state index in [1.807, 2.05) is 47.4 Å². The fourth-order valence-corrected chi connectivity index (χ4v) is 4.15. The van der Waals surface area contributed by atoms with Gasteiger partial charge in [-0.3, -0.25) is 4.79 Å². The molecule has 1 amide bonds. The third-order valence-corrected chi connectivity index (χ3v) is 5.73. The molecule has 0 unspecified atom stereocenters. The normalized spacial score (nSPS) is 16.9. The summed E-state index contributed by atoms with van der Waals surface area (Å²) in [6.07, 6.45) is 2.90. The number of nitrogens with zero attached hydrogens (tertiary/aromatic N) is 1. The number of aliphatic hydroxyl groups is 1. The third-order valence-electron chi connectivity index (χ3n) is 5.73. The number of likely N-dealkylation sites (tertiary alicyclic amines) is 1. The number of ether oxygens (including phenoxy) is 3. The number of aliphatic hydroxyl groups excluding tert-OH is 1. The first-order valence-electron chi connectivity index (χ1n) is 10.4. The SMILES string of the molecule is COc1cc(CCC(=O)N2CCC[C@H]2C[C@@H](O)c2ccccc2)cc(OC)c1OC. The van der Waals surface area contributed by atoms with E-state index < -0.39 is 6.10 Å². The van der Waals surface area contributed by atoms with Crippen molar-refractivity contribution < 1.29 is 24.1 Å². The number of methoxy groups -OCH3 is 3. The molecule has 0 saturated carbocycles. The lowest BCUT2D eigenvalue weighted by Crippen LogP contribution is -2.36. The fraction of sp³-hybridized carbons (Fsp3) is 0.458. The van der Waals surface area contributed by atoms with Gasteiger partial charge in [-0.1, -0.05) is 30.3 Å². The largest absolute Gasteiger partial charge is 0.493 e. The van der Waals surface area contributed by atoms with Gasteiger partial charge < -0.3 is 24.2 Å². The number of amides is 1. The van der Waals surface area contributed by atoms with E-state index in [1.54, 1.807) is 21.3 Å². The van der Waals surface area contributed by atoms with Gasteiger partial charge in [0.2, 0.25) is 11.7 Å². The first kappa shape index (κ1) is 22.0. The van der Waals surface area contributed by atoms with Crippen molar-refractivity contribution in [1.82, 2.24) is 4.90 Å². The summed E-state index contributed by atoms with van der Waals surface area (Å²) >= 11 is 0. The lowest BCUT2D eigenvalue weighted by atomic mass is 10.00. The summed E-state index contributed by atoms with van der Waals surface area (Å²) < 4.78 is 16.2. The van der Waals surface area contributed by atoms with E-state index in [-0.39, 0.29) is 11.9 Å². The van der Waals surface area contributed by atoms with Crippen molar-refractivity contribution in [1.29, 1.82) is 0 Å². The number of rotatable bonds is 9. The number of hydrogen-bond acceptors (Lipinski definition) is 5. The molecule has 6 nitrogen and oxygen atoms in total. The molecule has 1 aliphatic heterocycles. The Morgan fingerprint density at radius 3 is 2.37 bits per heavy atom. The second-order valence-electron chi connectivity index (χ2n) is 7.58. The topological polar surface area (TPSA) is 68.2 Å². The van der Waals surface area contributed by atoms with Gasteiger partial charge in [0.1, 0.15) is 0 Å². The summed E-state index contributed by atoms with van der Waals surface area (Å²) in [6, 6.07) is 13.5. The lowest BCUT2D eigenvalue weighted by Gasteiger charge is -2.27. The van der Waals surface area contributed by atoms with Crippen LogP contribution in [0.5, 0.6) is 17.2 Å². The summed E-state index contributed by atoms with van der Waals surface area (Å²) in [7, 11) is 4.74. The second-order valence-corrected chi connectivity index (χ2v) is 7.58. The molecule has 6 heteroatoms. The van der Waals surface area contributed by atoms with Crippen molar-refractivity contribution in [2.24, 2.45) is 0 Å². The average Bonchev–Trinajstić information content (AvgIpc) is 3.25. The van der Waals surface area contributed by atoms with Crippen LogP contribution in [-0.4, -0.2) is 49.8 Å². The zero-order chi connectivity index (χ0) is 21.5. The number of carbonyl (C=O) groups is 1. The van der Waals surface area contributed by atoms with E-state index in [1.165, 1.54) is 0 Å². The smallest absolute Gasteiger partial charge is 0.223 e. The molecule has 2 atom stereocenters. The Morgan fingerprint density at radius 2 is 1.77 bits per heavy atom. The van der Waals surface area contributed by atoms with Crippen molar-refractivity contribution >= 4 is 5.91 Å². The Balaban J connectivity index is 1.62. The number of benzene rings is 2. The molecule has 3 rings (SSSR count). The molecule has 0 bridgehead atoms. The Kier molecular flexibility index (Phi) is 7.57. The number of hydrogen-bond donors (Lipinski definition) is 1. The zero-order valence-electron chi connectivity index (χ0n) is 18.0. The van der Waals surface area contributed by atoms with E-state index in [2.05, 4.69) is 0 Å². The van der Waals surface area contributed by atoms with Gasteiger partial charge in [-0.05, 0) is 48.9 Å². The monoisotopic (exact) mass is 413 g/mol. The highest BCUT2D eigenvalue weighted by Gasteiger charge is 2.30. The van der Waals surface area contributed by atoms with Gasteiger partial charge in [0.05, 0.1) is 27.4 Å². The molecule has 2 aromatic carbocycles. The molecule has 1 aliphatic rings. The molecular formula is C24H31NO5. The lowest BCUT2D eigenvalue weighted by molar-refractivity contribution is -0.132. The van der Waals surface area contributed by atoms with Gasteiger partial charge in [-0.15, -0.1) is 0 Å².